The predicted molar refractivity (Wildman–Crippen MR) is 80.5 cm³/mol. The molecule has 0 aliphatic carbocycles. The Morgan fingerprint density at radius 3 is 2.76 bits per heavy atom. The van der Waals surface area contributed by atoms with Gasteiger partial charge in [-0.3, -0.25) is 9.59 Å². The van der Waals surface area contributed by atoms with Crippen LogP contribution < -0.4 is 10.6 Å². The second kappa shape index (κ2) is 6.13. The highest BCUT2D eigenvalue weighted by molar-refractivity contribution is 7.18. The second-order valence-electron chi connectivity index (χ2n) is 5.44. The zero-order chi connectivity index (χ0) is 14.8. The van der Waals surface area contributed by atoms with Gasteiger partial charge in [0, 0.05) is 13.1 Å². The van der Waals surface area contributed by atoms with Crippen LogP contribution in [-0.2, 0) is 4.79 Å². The van der Waals surface area contributed by atoms with Gasteiger partial charge in [0.2, 0.25) is 5.91 Å². The van der Waals surface area contributed by atoms with Crippen LogP contribution in [-0.4, -0.2) is 53.6 Å². The van der Waals surface area contributed by atoms with Gasteiger partial charge in [-0.1, -0.05) is 0 Å². The maximum Gasteiger partial charge on any atom is 0.263 e. The molecule has 0 spiro atoms. The average molecular weight is 309 g/mol. The molecular weight excluding hydrogens is 290 g/mol. The summed E-state index contributed by atoms with van der Waals surface area (Å²) in [5.41, 5.74) is 0. The van der Waals surface area contributed by atoms with Crippen molar-refractivity contribution < 1.29 is 14.7 Å². The molecule has 7 heteroatoms. The largest absolute Gasteiger partial charge is 0.391 e. The first kappa shape index (κ1) is 14.5. The van der Waals surface area contributed by atoms with E-state index < -0.39 is 12.1 Å². The fourth-order valence-corrected chi connectivity index (χ4v) is 3.63. The number of amides is 2. The summed E-state index contributed by atoms with van der Waals surface area (Å²) in [4.78, 5) is 26.8. The zero-order valence-electron chi connectivity index (χ0n) is 11.7. The highest BCUT2D eigenvalue weighted by Crippen LogP contribution is 2.25. The maximum absolute atomic E-state index is 12.2. The SMILES string of the molecule is O=C(Nc1ccc(C(=O)N2CCCC2)s1)[C@H]1NCC[C@@H]1O. The van der Waals surface area contributed by atoms with Crippen molar-refractivity contribution in [2.45, 2.75) is 31.4 Å². The maximum atomic E-state index is 12.2. The molecule has 2 aliphatic rings. The van der Waals surface area contributed by atoms with Crippen molar-refractivity contribution in [3.8, 4) is 0 Å². The van der Waals surface area contributed by atoms with Gasteiger partial charge >= 0.3 is 0 Å². The fourth-order valence-electron chi connectivity index (χ4n) is 2.75. The Bertz CT molecular complexity index is 539. The summed E-state index contributed by atoms with van der Waals surface area (Å²) >= 11 is 1.28. The molecule has 0 bridgehead atoms. The van der Waals surface area contributed by atoms with Crippen molar-refractivity contribution in [1.82, 2.24) is 10.2 Å². The van der Waals surface area contributed by atoms with Crippen LogP contribution in [0.15, 0.2) is 12.1 Å². The van der Waals surface area contributed by atoms with Crippen molar-refractivity contribution in [3.63, 3.8) is 0 Å². The van der Waals surface area contributed by atoms with Crippen LogP contribution in [0.2, 0.25) is 0 Å². The Balaban J connectivity index is 1.62. The topological polar surface area (TPSA) is 81.7 Å². The number of rotatable bonds is 3. The Hall–Kier alpha value is -1.44. The van der Waals surface area contributed by atoms with Crippen molar-refractivity contribution in [2.75, 3.05) is 25.0 Å². The molecule has 2 amide bonds. The number of likely N-dealkylation sites (tertiary alicyclic amines) is 1. The molecule has 3 N–H and O–H groups in total. The molecule has 2 aliphatic heterocycles. The number of nitrogens with zero attached hydrogens (tertiary/aromatic N) is 1. The van der Waals surface area contributed by atoms with Crippen molar-refractivity contribution in [2.24, 2.45) is 0 Å². The Morgan fingerprint density at radius 1 is 1.33 bits per heavy atom. The number of nitrogens with one attached hydrogen (secondary N) is 2. The van der Waals surface area contributed by atoms with Crippen LogP contribution in [0.1, 0.15) is 28.9 Å². The Morgan fingerprint density at radius 2 is 2.10 bits per heavy atom. The Kier molecular flexibility index (Phi) is 4.23. The minimum absolute atomic E-state index is 0.0389. The summed E-state index contributed by atoms with van der Waals surface area (Å²) in [7, 11) is 0. The van der Waals surface area contributed by atoms with Crippen LogP contribution in [0, 0.1) is 0 Å². The third-order valence-electron chi connectivity index (χ3n) is 3.93. The summed E-state index contributed by atoms with van der Waals surface area (Å²) in [5.74, 6) is -0.209. The lowest BCUT2D eigenvalue weighted by Gasteiger charge is -2.14. The van der Waals surface area contributed by atoms with Crippen molar-refractivity contribution in [3.05, 3.63) is 17.0 Å². The molecule has 3 heterocycles. The molecule has 21 heavy (non-hydrogen) atoms. The number of carbonyl (C=O) groups excluding carboxylic acids is 2. The average Bonchev–Trinajstić information content (AvgIpc) is 3.18. The molecule has 6 nitrogen and oxygen atoms in total. The van der Waals surface area contributed by atoms with E-state index >= 15 is 0 Å². The quantitative estimate of drug-likeness (QED) is 0.765. The van der Waals surface area contributed by atoms with Gasteiger partial charge in [-0.15, -0.1) is 11.3 Å². The highest BCUT2D eigenvalue weighted by atomic mass is 32.1. The Labute approximate surface area is 127 Å². The van der Waals surface area contributed by atoms with E-state index in [9.17, 15) is 14.7 Å². The molecular formula is C14H19N3O3S. The van der Waals surface area contributed by atoms with Crippen LogP contribution >= 0.6 is 11.3 Å². The van der Waals surface area contributed by atoms with Gasteiger partial charge in [0.05, 0.1) is 16.0 Å². The molecule has 0 aromatic carbocycles. The van der Waals surface area contributed by atoms with Gasteiger partial charge in [-0.2, -0.15) is 0 Å². The van der Waals surface area contributed by atoms with Gasteiger partial charge in [-0.05, 0) is 37.9 Å². The van der Waals surface area contributed by atoms with Crippen LogP contribution in [0.25, 0.3) is 0 Å². The fraction of sp³-hybridized carbons (Fsp3) is 0.571. The predicted octanol–water partition coefficient (Wildman–Crippen LogP) is 0.645. The lowest BCUT2D eigenvalue weighted by molar-refractivity contribution is -0.119. The van der Waals surface area contributed by atoms with E-state index in [0.29, 0.717) is 22.8 Å². The standard InChI is InChI=1S/C14H19N3O3S/c18-9-5-6-15-12(9)13(19)16-11-4-3-10(21-11)14(20)17-7-1-2-8-17/h3-4,9,12,15,18H,1-2,5-8H2,(H,16,19)/t9-,12-/m0/s1. The summed E-state index contributed by atoms with van der Waals surface area (Å²) in [6.07, 6.45) is 2.06. The molecule has 2 saturated heterocycles. The van der Waals surface area contributed by atoms with E-state index in [0.717, 1.165) is 25.9 Å². The number of aliphatic hydroxyl groups excluding tert-OH is 1. The number of hydrogen-bond acceptors (Lipinski definition) is 5. The molecule has 1 aromatic rings. The van der Waals surface area contributed by atoms with Gasteiger partial charge < -0.3 is 20.6 Å². The van der Waals surface area contributed by atoms with E-state index in [4.69, 9.17) is 0 Å². The van der Waals surface area contributed by atoms with Gasteiger partial charge in [-0.25, -0.2) is 0 Å². The summed E-state index contributed by atoms with van der Waals surface area (Å²) in [5, 5.41) is 16.1. The summed E-state index contributed by atoms with van der Waals surface area (Å²) in [6.45, 7) is 2.27. The molecule has 2 atom stereocenters. The lowest BCUT2D eigenvalue weighted by atomic mass is 10.1. The number of anilines is 1. The van der Waals surface area contributed by atoms with Crippen LogP contribution in [0.3, 0.4) is 0 Å². The lowest BCUT2D eigenvalue weighted by Crippen LogP contribution is -2.42. The molecule has 0 unspecified atom stereocenters. The minimum Gasteiger partial charge on any atom is -0.391 e. The monoisotopic (exact) mass is 309 g/mol. The third-order valence-corrected chi connectivity index (χ3v) is 4.92. The molecule has 114 valence electrons. The summed E-state index contributed by atoms with van der Waals surface area (Å²) < 4.78 is 0. The number of aliphatic hydroxyl groups is 1. The number of hydrogen-bond donors (Lipinski definition) is 3. The highest BCUT2D eigenvalue weighted by Gasteiger charge is 2.31. The first-order valence-corrected chi connectivity index (χ1v) is 8.08. The number of carbonyl (C=O) groups is 2. The first-order valence-electron chi connectivity index (χ1n) is 7.26. The number of thiophene rings is 1. The molecule has 0 radical (unpaired) electrons. The van der Waals surface area contributed by atoms with E-state index in [2.05, 4.69) is 10.6 Å². The molecule has 1 aromatic heterocycles. The van der Waals surface area contributed by atoms with E-state index in [1.165, 1.54) is 11.3 Å². The van der Waals surface area contributed by atoms with Crippen molar-refractivity contribution >= 4 is 28.2 Å². The van der Waals surface area contributed by atoms with E-state index in [-0.39, 0.29) is 11.8 Å². The van der Waals surface area contributed by atoms with Crippen molar-refractivity contribution in [1.29, 1.82) is 0 Å². The summed E-state index contributed by atoms with van der Waals surface area (Å²) in [6, 6.07) is 2.93. The van der Waals surface area contributed by atoms with Gasteiger partial charge in [0.15, 0.2) is 0 Å². The van der Waals surface area contributed by atoms with Crippen LogP contribution in [0.5, 0.6) is 0 Å². The third kappa shape index (κ3) is 3.09. The van der Waals surface area contributed by atoms with Gasteiger partial charge in [0.25, 0.3) is 5.91 Å². The molecule has 0 saturated carbocycles. The zero-order valence-corrected chi connectivity index (χ0v) is 12.5. The van der Waals surface area contributed by atoms with E-state index in [1.807, 2.05) is 4.90 Å². The van der Waals surface area contributed by atoms with Crippen LogP contribution in [0.4, 0.5) is 5.00 Å². The second-order valence-corrected chi connectivity index (χ2v) is 6.52. The first-order chi connectivity index (χ1) is 10.1. The normalized spacial score (nSPS) is 25.3. The van der Waals surface area contributed by atoms with Gasteiger partial charge in [0.1, 0.15) is 6.04 Å². The smallest absolute Gasteiger partial charge is 0.263 e. The molecule has 2 fully saturated rings. The minimum atomic E-state index is -0.643. The van der Waals surface area contributed by atoms with E-state index in [1.54, 1.807) is 12.1 Å². The molecule has 3 rings (SSSR count).